The zero-order chi connectivity index (χ0) is 25.5. The van der Waals surface area contributed by atoms with Gasteiger partial charge in [0.15, 0.2) is 0 Å². The van der Waals surface area contributed by atoms with E-state index in [0.717, 1.165) is 44.9 Å². The van der Waals surface area contributed by atoms with Gasteiger partial charge < -0.3 is 9.47 Å². The van der Waals surface area contributed by atoms with E-state index in [1.807, 2.05) is 13.8 Å². The molecule has 3 fully saturated rings. The summed E-state index contributed by atoms with van der Waals surface area (Å²) in [6.07, 6.45) is 10.00. The number of allylic oxidation sites excluding steroid dienone is 1. The largest absolute Gasteiger partial charge is 0.465 e. The van der Waals surface area contributed by atoms with E-state index in [0.29, 0.717) is 30.8 Å². The van der Waals surface area contributed by atoms with Crippen LogP contribution in [0, 0.1) is 57.7 Å². The summed E-state index contributed by atoms with van der Waals surface area (Å²) in [6.45, 7) is 10.5. The maximum absolute atomic E-state index is 13.0. The van der Waals surface area contributed by atoms with Gasteiger partial charge in [-0.25, -0.2) is 0 Å². The van der Waals surface area contributed by atoms with E-state index in [2.05, 4.69) is 26.0 Å². The minimum Gasteiger partial charge on any atom is -0.465 e. The molecule has 0 N–H and O–H groups in total. The van der Waals surface area contributed by atoms with Crippen LogP contribution in [-0.4, -0.2) is 30.0 Å². The Morgan fingerprint density at radius 3 is 2.66 bits per heavy atom. The lowest BCUT2D eigenvalue weighted by Gasteiger charge is -2.58. The average molecular weight is 504 g/mol. The number of esters is 2. The number of nitriles is 1. The predicted molar refractivity (Wildman–Crippen MR) is 135 cm³/mol. The van der Waals surface area contributed by atoms with Crippen molar-refractivity contribution in [2.45, 2.75) is 97.5 Å². The van der Waals surface area contributed by atoms with Crippen LogP contribution in [0.15, 0.2) is 11.6 Å². The lowest BCUT2D eigenvalue weighted by atomic mass is 9.47. The fourth-order valence-electron chi connectivity index (χ4n) is 8.57. The maximum Gasteiger partial charge on any atom is 0.309 e. The molecule has 0 aromatic rings. The highest BCUT2D eigenvalue weighted by Gasteiger charge is 2.62. The minimum absolute atomic E-state index is 0.0167. The highest BCUT2D eigenvalue weighted by atomic mass is 35.5. The molecule has 6 heteroatoms. The van der Waals surface area contributed by atoms with E-state index in [4.69, 9.17) is 26.3 Å². The summed E-state index contributed by atoms with van der Waals surface area (Å²) in [5.74, 6) is 1.25. The van der Waals surface area contributed by atoms with Crippen LogP contribution in [0.4, 0.5) is 0 Å². The second-order valence-electron chi connectivity index (χ2n) is 12.4. The molecular weight excluding hydrogens is 462 g/mol. The molecular formula is C29H42ClNO4. The molecule has 10 atom stereocenters. The Morgan fingerprint density at radius 2 is 1.97 bits per heavy atom. The molecule has 5 nitrogen and oxygen atoms in total. The van der Waals surface area contributed by atoms with Crippen molar-refractivity contribution >= 4 is 23.5 Å². The Morgan fingerprint density at radius 1 is 1.23 bits per heavy atom. The predicted octanol–water partition coefficient (Wildman–Crippen LogP) is 6.44. The first kappa shape index (κ1) is 26.5. The molecule has 0 amide bonds. The van der Waals surface area contributed by atoms with Crippen molar-refractivity contribution in [3.05, 3.63) is 11.6 Å². The molecule has 0 radical (unpaired) electrons. The second-order valence-corrected chi connectivity index (χ2v) is 13.0. The van der Waals surface area contributed by atoms with Crippen molar-refractivity contribution < 1.29 is 19.1 Å². The van der Waals surface area contributed by atoms with Gasteiger partial charge in [0.05, 0.1) is 18.6 Å². The first-order valence-corrected chi connectivity index (χ1v) is 14.0. The monoisotopic (exact) mass is 503 g/mol. The van der Waals surface area contributed by atoms with Gasteiger partial charge in [-0.15, -0.1) is 11.6 Å². The number of ether oxygens (including phenoxy) is 2. The normalized spacial score (nSPS) is 41.8. The van der Waals surface area contributed by atoms with Gasteiger partial charge in [0.25, 0.3) is 0 Å². The third-order valence-electron chi connectivity index (χ3n) is 10.3. The molecule has 0 heterocycles. The van der Waals surface area contributed by atoms with E-state index < -0.39 is 0 Å². The van der Waals surface area contributed by atoms with Gasteiger partial charge in [-0.05, 0) is 73.0 Å². The first-order valence-electron chi connectivity index (χ1n) is 13.6. The summed E-state index contributed by atoms with van der Waals surface area (Å²) in [7, 11) is 0. The van der Waals surface area contributed by atoms with Crippen molar-refractivity contribution in [1.82, 2.24) is 0 Å². The van der Waals surface area contributed by atoms with E-state index in [-0.39, 0.29) is 52.0 Å². The number of halogens is 1. The summed E-state index contributed by atoms with van der Waals surface area (Å²) in [5, 5.41) is 8.86. The van der Waals surface area contributed by atoms with Crippen molar-refractivity contribution in [1.29, 1.82) is 5.26 Å². The molecule has 0 aromatic heterocycles. The van der Waals surface area contributed by atoms with Gasteiger partial charge in [0, 0.05) is 31.1 Å². The Hall–Kier alpha value is -1.54. The maximum atomic E-state index is 13.0. The Balaban J connectivity index is 1.49. The lowest BCUT2D eigenvalue weighted by molar-refractivity contribution is -0.154. The fraction of sp³-hybridized carbons (Fsp3) is 0.828. The standard InChI is InChI=1S/C29H42ClNO4/c1-17(10-13-31)16-34-27(33)18(2)26-25(30)15-24-22-7-6-20-14-21(35-19(3)32)8-11-28(20,4)23(22)9-12-29(24,26)5/h6,17-18,21-26H,7-12,14-16H2,1-5H3/t17-,18+,21+,22-,23+,24+,25-,26+,28+,29+/m1/s1. The van der Waals surface area contributed by atoms with Gasteiger partial charge in [-0.2, -0.15) is 5.26 Å². The number of alkyl halides is 1. The molecule has 0 saturated heterocycles. The van der Waals surface area contributed by atoms with E-state index in [1.165, 1.54) is 12.5 Å². The Labute approximate surface area is 215 Å². The molecule has 0 unspecified atom stereocenters. The molecule has 0 bridgehead atoms. The smallest absolute Gasteiger partial charge is 0.309 e. The summed E-state index contributed by atoms with van der Waals surface area (Å²) in [5.41, 5.74) is 1.68. The Bertz CT molecular complexity index is 911. The van der Waals surface area contributed by atoms with Crippen LogP contribution >= 0.6 is 11.6 Å². The van der Waals surface area contributed by atoms with Crippen LogP contribution in [0.5, 0.6) is 0 Å². The van der Waals surface area contributed by atoms with Crippen LogP contribution in [0.25, 0.3) is 0 Å². The fourth-order valence-corrected chi connectivity index (χ4v) is 9.27. The number of hydrogen-bond acceptors (Lipinski definition) is 5. The molecule has 0 spiro atoms. The van der Waals surface area contributed by atoms with Crippen LogP contribution in [0.3, 0.4) is 0 Å². The van der Waals surface area contributed by atoms with Crippen LogP contribution in [-0.2, 0) is 19.1 Å². The van der Waals surface area contributed by atoms with Crippen molar-refractivity contribution in [3.63, 3.8) is 0 Å². The lowest BCUT2D eigenvalue weighted by Crippen LogP contribution is -2.51. The summed E-state index contributed by atoms with van der Waals surface area (Å²) in [4.78, 5) is 24.5. The van der Waals surface area contributed by atoms with E-state index in [9.17, 15) is 9.59 Å². The topological polar surface area (TPSA) is 76.4 Å². The number of fused-ring (bicyclic) bond motifs is 5. The highest BCUT2D eigenvalue weighted by Crippen LogP contribution is 2.68. The third kappa shape index (κ3) is 4.77. The van der Waals surface area contributed by atoms with E-state index in [1.54, 1.807) is 0 Å². The van der Waals surface area contributed by atoms with Crippen LogP contribution in [0.2, 0.25) is 0 Å². The molecule has 4 aliphatic rings. The van der Waals surface area contributed by atoms with Crippen LogP contribution < -0.4 is 0 Å². The number of carbonyl (C=O) groups is 2. The van der Waals surface area contributed by atoms with Gasteiger partial charge >= 0.3 is 11.9 Å². The molecule has 4 aliphatic carbocycles. The van der Waals surface area contributed by atoms with Crippen molar-refractivity contribution in [2.24, 2.45) is 46.3 Å². The second kappa shape index (κ2) is 10.1. The summed E-state index contributed by atoms with van der Waals surface area (Å²) in [6, 6.07) is 2.15. The molecule has 0 aliphatic heterocycles. The van der Waals surface area contributed by atoms with Crippen LogP contribution in [0.1, 0.15) is 86.0 Å². The highest BCUT2D eigenvalue weighted by molar-refractivity contribution is 6.21. The molecule has 0 aromatic carbocycles. The number of nitrogens with zero attached hydrogens (tertiary/aromatic N) is 1. The van der Waals surface area contributed by atoms with Gasteiger partial charge in [0.2, 0.25) is 0 Å². The van der Waals surface area contributed by atoms with Crippen molar-refractivity contribution in [3.8, 4) is 6.07 Å². The molecule has 194 valence electrons. The Kier molecular flexibility index (Phi) is 7.64. The zero-order valence-electron chi connectivity index (χ0n) is 22.0. The molecule has 4 rings (SSSR count). The third-order valence-corrected chi connectivity index (χ3v) is 10.8. The van der Waals surface area contributed by atoms with Gasteiger partial charge in [-0.3, -0.25) is 9.59 Å². The number of carbonyl (C=O) groups excluding carboxylic acids is 2. The summed E-state index contributed by atoms with van der Waals surface area (Å²) < 4.78 is 11.2. The van der Waals surface area contributed by atoms with E-state index >= 15 is 0 Å². The average Bonchev–Trinajstić information content (AvgIpc) is 3.07. The first-order chi connectivity index (χ1) is 16.5. The van der Waals surface area contributed by atoms with Gasteiger partial charge in [-0.1, -0.05) is 39.3 Å². The number of hydrogen-bond donors (Lipinski definition) is 0. The quantitative estimate of drug-likeness (QED) is 0.236. The minimum atomic E-state index is -0.247. The summed E-state index contributed by atoms with van der Waals surface area (Å²) >= 11 is 7.05. The molecule has 35 heavy (non-hydrogen) atoms. The van der Waals surface area contributed by atoms with Gasteiger partial charge in [0.1, 0.15) is 6.10 Å². The zero-order valence-corrected chi connectivity index (χ0v) is 22.8. The SMILES string of the molecule is CC(=O)O[C@H]1CC[C@@]2(C)C(=CC[C@H]3[C@@H]4C[C@@H](Cl)[C@H]([C@H](C)C(=O)OC[C@H](C)CC#N)[C@@]4(C)CC[C@@H]32)C1. The number of rotatable bonds is 6. The molecule has 3 saturated carbocycles. The van der Waals surface area contributed by atoms with Crippen molar-refractivity contribution in [2.75, 3.05) is 6.61 Å².